The number of carbonyl (C=O) groups excluding carboxylic acids is 4. The molecule has 1 fully saturated rings. The number of benzene rings is 3. The Hall–Kier alpha value is -4.59. The number of ether oxygens (including phenoxy) is 3. The van der Waals surface area contributed by atoms with Crippen molar-refractivity contribution in [2.45, 2.75) is 117 Å². The van der Waals surface area contributed by atoms with E-state index in [0.29, 0.717) is 48.1 Å². The quantitative estimate of drug-likeness (QED) is 0.110. The number of rotatable bonds is 11. The first-order valence-electron chi connectivity index (χ1n) is 20.0. The topological polar surface area (TPSA) is 156 Å². The van der Waals surface area contributed by atoms with E-state index >= 15 is 0 Å². The van der Waals surface area contributed by atoms with Crippen molar-refractivity contribution in [1.29, 1.82) is 0 Å². The third kappa shape index (κ3) is 15.5. The molecule has 15 heteroatoms. The van der Waals surface area contributed by atoms with E-state index in [1.54, 1.807) is 85.4 Å². The zero-order valence-electron chi connectivity index (χ0n) is 35.8. The van der Waals surface area contributed by atoms with E-state index in [-0.39, 0.29) is 30.9 Å². The lowest BCUT2D eigenvalue weighted by Gasteiger charge is -2.43. The van der Waals surface area contributed by atoms with Gasteiger partial charge >= 0.3 is 18.3 Å². The second-order valence-corrected chi connectivity index (χ2v) is 18.6. The molecule has 0 spiro atoms. The minimum atomic E-state index is -1.02. The van der Waals surface area contributed by atoms with Gasteiger partial charge in [-0.15, -0.1) is 4.99 Å². The smallest absolute Gasteiger partial charge is 0.437 e. The van der Waals surface area contributed by atoms with Gasteiger partial charge in [-0.2, -0.15) is 0 Å². The summed E-state index contributed by atoms with van der Waals surface area (Å²) in [6.45, 7) is 17.8. The summed E-state index contributed by atoms with van der Waals surface area (Å²) >= 11 is 12.8. The lowest BCUT2D eigenvalue weighted by molar-refractivity contribution is -0.138. The molecule has 4 amide bonds. The summed E-state index contributed by atoms with van der Waals surface area (Å²) < 4.78 is 16.5. The molecular weight excluding hydrogens is 795 g/mol. The Labute approximate surface area is 358 Å². The van der Waals surface area contributed by atoms with Crippen molar-refractivity contribution in [3.63, 3.8) is 0 Å². The largest absolute Gasteiger partial charge is 0.444 e. The number of nitrogens with two attached hydrogens (primary N) is 1. The number of amides is 4. The van der Waals surface area contributed by atoms with Crippen LogP contribution in [0.1, 0.15) is 86.3 Å². The molecule has 0 saturated carbocycles. The van der Waals surface area contributed by atoms with Gasteiger partial charge in [-0.3, -0.25) is 9.69 Å². The average molecular weight is 856 g/mol. The number of aliphatic imine (C=N–C) groups is 1. The van der Waals surface area contributed by atoms with Gasteiger partial charge in [-0.1, -0.05) is 71.7 Å². The van der Waals surface area contributed by atoms with Gasteiger partial charge in [0, 0.05) is 55.2 Å². The predicted octanol–water partition coefficient (Wildman–Crippen LogP) is 8.61. The molecule has 2 atom stereocenters. The normalized spacial score (nSPS) is 16.0. The van der Waals surface area contributed by atoms with E-state index in [2.05, 4.69) is 45.5 Å². The Balaban J connectivity index is 1.61. The summed E-state index contributed by atoms with van der Waals surface area (Å²) in [6, 6.07) is 18.4. The van der Waals surface area contributed by atoms with Crippen LogP contribution in [0.5, 0.6) is 0 Å². The maximum atomic E-state index is 14.7. The molecule has 2 unspecified atom stereocenters. The van der Waals surface area contributed by atoms with Crippen LogP contribution in [0.15, 0.2) is 65.7 Å². The summed E-state index contributed by atoms with van der Waals surface area (Å²) in [4.78, 5) is 63.0. The van der Waals surface area contributed by atoms with Gasteiger partial charge in [-0.25, -0.2) is 19.3 Å². The number of piperazine rings is 1. The summed E-state index contributed by atoms with van der Waals surface area (Å²) in [7, 11) is 0. The predicted molar refractivity (Wildman–Crippen MR) is 233 cm³/mol. The van der Waals surface area contributed by atoms with E-state index in [0.717, 1.165) is 17.9 Å². The lowest BCUT2D eigenvalue weighted by atomic mass is 10.00. The van der Waals surface area contributed by atoms with Crippen molar-refractivity contribution < 1.29 is 33.4 Å². The molecule has 59 heavy (non-hydrogen) atoms. The Morgan fingerprint density at radius 3 is 2.17 bits per heavy atom. The second kappa shape index (κ2) is 20.1. The van der Waals surface area contributed by atoms with E-state index in [9.17, 15) is 19.2 Å². The molecule has 0 aliphatic carbocycles. The summed E-state index contributed by atoms with van der Waals surface area (Å²) in [5, 5.41) is 5.97. The Morgan fingerprint density at radius 2 is 1.53 bits per heavy atom. The highest BCUT2D eigenvalue weighted by atomic mass is 35.5. The Bertz CT molecular complexity index is 1990. The van der Waals surface area contributed by atoms with E-state index in [4.69, 9.17) is 43.1 Å². The number of alkyl carbamates (subject to hydrolysis) is 1. The number of hydrogen-bond acceptors (Lipinski definition) is 8. The highest BCUT2D eigenvalue weighted by Crippen LogP contribution is 2.25. The summed E-state index contributed by atoms with van der Waals surface area (Å²) in [5.41, 5.74) is 5.60. The maximum absolute atomic E-state index is 14.7. The number of nitrogens with zero attached hydrogens (tertiary/aromatic N) is 4. The number of nitrogens with one attached hydrogen (secondary N) is 1. The van der Waals surface area contributed by atoms with Crippen LogP contribution < -0.4 is 11.1 Å². The number of halogens is 2. The van der Waals surface area contributed by atoms with Crippen molar-refractivity contribution >= 4 is 64.1 Å². The van der Waals surface area contributed by atoms with E-state index < -0.39 is 41.1 Å². The molecule has 0 aromatic heterocycles. The number of guanidine groups is 1. The van der Waals surface area contributed by atoms with Crippen LogP contribution in [-0.2, 0) is 31.8 Å². The number of fused-ring (bicyclic) bond motifs is 1. The van der Waals surface area contributed by atoms with Gasteiger partial charge in [0.25, 0.3) is 0 Å². The van der Waals surface area contributed by atoms with Crippen molar-refractivity contribution in [3.05, 3.63) is 81.8 Å². The molecule has 1 aliphatic rings. The molecule has 1 heterocycles. The van der Waals surface area contributed by atoms with Crippen molar-refractivity contribution in [2.75, 3.05) is 32.7 Å². The van der Waals surface area contributed by atoms with Crippen LogP contribution in [0.2, 0.25) is 10.0 Å². The van der Waals surface area contributed by atoms with Gasteiger partial charge in [-0.05, 0) is 116 Å². The summed E-state index contributed by atoms with van der Waals surface area (Å²) in [6.07, 6.45) is -0.793. The minimum absolute atomic E-state index is 0.0304. The number of carbonyl (C=O) groups is 4. The highest BCUT2D eigenvalue weighted by Gasteiger charge is 2.36. The molecule has 3 aromatic rings. The van der Waals surface area contributed by atoms with E-state index in [1.165, 1.54) is 16.3 Å². The first-order chi connectivity index (χ1) is 27.5. The monoisotopic (exact) mass is 854 g/mol. The molecular formula is C44H60Cl2N6O7. The molecule has 1 aliphatic heterocycles. The summed E-state index contributed by atoms with van der Waals surface area (Å²) in [5.74, 6) is -0.681. The molecule has 13 nitrogen and oxygen atoms in total. The molecule has 4 rings (SSSR count). The maximum Gasteiger partial charge on any atom is 0.437 e. The van der Waals surface area contributed by atoms with E-state index in [1.807, 2.05) is 12.1 Å². The van der Waals surface area contributed by atoms with Crippen LogP contribution in [0.25, 0.3) is 10.8 Å². The van der Waals surface area contributed by atoms with Crippen LogP contribution in [0.3, 0.4) is 0 Å². The van der Waals surface area contributed by atoms with Crippen molar-refractivity contribution in [1.82, 2.24) is 20.0 Å². The Kier molecular flexibility index (Phi) is 16.1. The fourth-order valence-electron chi connectivity index (χ4n) is 6.64. The highest BCUT2D eigenvalue weighted by molar-refractivity contribution is 6.35. The fourth-order valence-corrected chi connectivity index (χ4v) is 7.12. The molecule has 0 radical (unpaired) electrons. The fraction of sp³-hybridized carbons (Fsp3) is 0.523. The molecule has 322 valence electrons. The molecule has 1 saturated heterocycles. The van der Waals surface area contributed by atoms with Crippen molar-refractivity contribution in [3.8, 4) is 0 Å². The van der Waals surface area contributed by atoms with Gasteiger partial charge < -0.3 is 30.2 Å². The van der Waals surface area contributed by atoms with Crippen LogP contribution in [-0.4, -0.2) is 106 Å². The minimum Gasteiger partial charge on any atom is -0.444 e. The number of hydrogen-bond donors (Lipinski definition) is 2. The third-order valence-electron chi connectivity index (χ3n) is 9.22. The van der Waals surface area contributed by atoms with Crippen LogP contribution in [0, 0.1) is 0 Å². The first-order valence-corrected chi connectivity index (χ1v) is 20.7. The zero-order valence-corrected chi connectivity index (χ0v) is 37.3. The van der Waals surface area contributed by atoms with Gasteiger partial charge in [0.05, 0.1) is 0 Å². The average Bonchev–Trinajstić information content (AvgIpc) is 3.10. The Morgan fingerprint density at radius 1 is 0.864 bits per heavy atom. The molecule has 3 aromatic carbocycles. The SMILES string of the molecule is CC(C)(C)OC(=O)N=C(N)N(CCCC1CN(CCc2ccc3ccccc3c2)CCN1C(=O)C(Cc1ccc(Cl)cc1Cl)NC(=O)OC(C)(C)C)C(=O)OC(C)(C)C. The second-order valence-electron chi connectivity index (χ2n) is 17.8. The third-order valence-corrected chi connectivity index (χ3v) is 9.80. The lowest BCUT2D eigenvalue weighted by Crippen LogP contribution is -2.60. The van der Waals surface area contributed by atoms with Gasteiger partial charge in [0.2, 0.25) is 11.9 Å². The molecule has 0 bridgehead atoms. The van der Waals surface area contributed by atoms with Crippen LogP contribution >= 0.6 is 23.2 Å². The molecule has 3 N–H and O–H groups in total. The van der Waals surface area contributed by atoms with Crippen molar-refractivity contribution in [2.24, 2.45) is 10.7 Å². The van der Waals surface area contributed by atoms with Crippen LogP contribution in [0.4, 0.5) is 14.4 Å². The zero-order chi connectivity index (χ0) is 43.7. The van der Waals surface area contributed by atoms with Gasteiger partial charge in [0.15, 0.2) is 0 Å². The van der Waals surface area contributed by atoms with Gasteiger partial charge in [0.1, 0.15) is 22.8 Å². The first kappa shape index (κ1) is 47.1. The standard InChI is InChI=1S/C44H60Cl2N6O7/c1-42(2,3)57-39(54)48-36(26-32-18-19-33(45)27-35(32)46)37(53)51-24-23-50(22-20-29-16-17-30-13-10-11-14-31(30)25-29)28-34(51)15-12-21-52(41(56)59-44(7,8)9)38(47)49-40(55)58-43(4,5)6/h10-11,13-14,16-19,25,27,34,36H,12,15,20-24,26,28H2,1-9H3,(H,48,54)(H2,47,49,55).